The lowest BCUT2D eigenvalue weighted by atomic mass is 9.93. The Morgan fingerprint density at radius 2 is 2.35 bits per heavy atom. The average Bonchev–Trinajstić information content (AvgIpc) is 2.79. The molecule has 0 bridgehead atoms. The summed E-state index contributed by atoms with van der Waals surface area (Å²) in [7, 11) is 0. The molecule has 0 radical (unpaired) electrons. The fraction of sp³-hybridized carbons (Fsp3) is 0.812. The van der Waals surface area contributed by atoms with Crippen LogP contribution in [0.1, 0.15) is 40.0 Å². The molecule has 2 aliphatic heterocycles. The van der Waals surface area contributed by atoms with Crippen molar-refractivity contribution in [3.63, 3.8) is 0 Å². The van der Waals surface area contributed by atoms with Gasteiger partial charge < -0.3 is 15.0 Å². The molecule has 1 N–H and O–H groups in total. The van der Waals surface area contributed by atoms with Crippen molar-refractivity contribution in [2.75, 3.05) is 39.4 Å². The maximum absolute atomic E-state index is 5.34. The van der Waals surface area contributed by atoms with Crippen molar-refractivity contribution in [2.45, 2.75) is 40.0 Å². The van der Waals surface area contributed by atoms with Crippen LogP contribution in [-0.2, 0) is 4.74 Å². The monoisotopic (exact) mass is 279 g/mol. The minimum atomic E-state index is 0.416. The second-order valence-electron chi connectivity index (χ2n) is 6.51. The third-order valence-corrected chi connectivity index (χ3v) is 4.06. The zero-order chi connectivity index (χ0) is 14.4. The highest BCUT2D eigenvalue weighted by atomic mass is 16.5. The summed E-state index contributed by atoms with van der Waals surface area (Å²) in [6, 6.07) is 0. The SMILES string of the molecule is CCNC(=NCCC1=CCOCC1)N1CCC(C)(C)C1. The van der Waals surface area contributed by atoms with E-state index < -0.39 is 0 Å². The maximum Gasteiger partial charge on any atom is 0.193 e. The van der Waals surface area contributed by atoms with Gasteiger partial charge >= 0.3 is 0 Å². The Bertz CT molecular complexity index is 374. The van der Waals surface area contributed by atoms with Crippen molar-refractivity contribution in [1.29, 1.82) is 0 Å². The smallest absolute Gasteiger partial charge is 0.193 e. The maximum atomic E-state index is 5.34. The van der Waals surface area contributed by atoms with Crippen LogP contribution in [0.4, 0.5) is 0 Å². The highest BCUT2D eigenvalue weighted by Gasteiger charge is 2.30. The van der Waals surface area contributed by atoms with Crippen LogP contribution in [0.25, 0.3) is 0 Å². The van der Waals surface area contributed by atoms with E-state index in [0.29, 0.717) is 5.41 Å². The molecule has 2 rings (SSSR count). The number of nitrogens with zero attached hydrogens (tertiary/aromatic N) is 2. The summed E-state index contributed by atoms with van der Waals surface area (Å²) in [5, 5.41) is 3.43. The molecule has 114 valence electrons. The zero-order valence-electron chi connectivity index (χ0n) is 13.2. The number of likely N-dealkylation sites (tertiary alicyclic amines) is 1. The van der Waals surface area contributed by atoms with Gasteiger partial charge in [-0.2, -0.15) is 0 Å². The molecule has 0 aromatic heterocycles. The Balaban J connectivity index is 1.87. The zero-order valence-corrected chi connectivity index (χ0v) is 13.2. The third-order valence-electron chi connectivity index (χ3n) is 4.06. The predicted molar refractivity (Wildman–Crippen MR) is 84.1 cm³/mol. The summed E-state index contributed by atoms with van der Waals surface area (Å²) in [5.41, 5.74) is 1.91. The Labute approximate surface area is 123 Å². The first-order valence-electron chi connectivity index (χ1n) is 7.90. The van der Waals surface area contributed by atoms with E-state index in [0.717, 1.165) is 58.2 Å². The minimum Gasteiger partial charge on any atom is -0.377 e. The van der Waals surface area contributed by atoms with E-state index in [1.54, 1.807) is 0 Å². The summed E-state index contributed by atoms with van der Waals surface area (Å²) in [4.78, 5) is 7.21. The van der Waals surface area contributed by atoms with E-state index in [-0.39, 0.29) is 0 Å². The van der Waals surface area contributed by atoms with E-state index in [1.165, 1.54) is 12.0 Å². The molecular weight excluding hydrogens is 250 g/mol. The highest BCUT2D eigenvalue weighted by Crippen LogP contribution is 2.28. The lowest BCUT2D eigenvalue weighted by Crippen LogP contribution is -2.40. The second-order valence-corrected chi connectivity index (χ2v) is 6.51. The Morgan fingerprint density at radius 1 is 1.50 bits per heavy atom. The molecule has 0 aliphatic carbocycles. The van der Waals surface area contributed by atoms with Crippen molar-refractivity contribution in [3.8, 4) is 0 Å². The van der Waals surface area contributed by atoms with Crippen molar-refractivity contribution >= 4 is 5.96 Å². The van der Waals surface area contributed by atoms with E-state index in [9.17, 15) is 0 Å². The van der Waals surface area contributed by atoms with Gasteiger partial charge in [0.15, 0.2) is 5.96 Å². The summed E-state index contributed by atoms with van der Waals surface area (Å²) >= 11 is 0. The summed E-state index contributed by atoms with van der Waals surface area (Å²) < 4.78 is 5.34. The van der Waals surface area contributed by atoms with Crippen molar-refractivity contribution in [3.05, 3.63) is 11.6 Å². The highest BCUT2D eigenvalue weighted by molar-refractivity contribution is 5.80. The fourth-order valence-electron chi connectivity index (χ4n) is 2.82. The molecule has 0 aromatic carbocycles. The van der Waals surface area contributed by atoms with Gasteiger partial charge in [-0.1, -0.05) is 25.5 Å². The molecule has 0 unspecified atom stereocenters. The molecule has 4 nitrogen and oxygen atoms in total. The van der Waals surface area contributed by atoms with Gasteiger partial charge in [0, 0.05) is 26.2 Å². The first kappa shape index (κ1) is 15.4. The number of hydrogen-bond donors (Lipinski definition) is 1. The lowest BCUT2D eigenvalue weighted by Gasteiger charge is -2.23. The molecule has 2 aliphatic rings. The van der Waals surface area contributed by atoms with Gasteiger partial charge in [-0.05, 0) is 31.6 Å². The normalized spacial score (nSPS) is 22.9. The third kappa shape index (κ3) is 4.51. The van der Waals surface area contributed by atoms with Crippen molar-refractivity contribution in [2.24, 2.45) is 10.4 Å². The largest absolute Gasteiger partial charge is 0.377 e. The predicted octanol–water partition coefficient (Wildman–Crippen LogP) is 2.42. The number of rotatable bonds is 4. The van der Waals surface area contributed by atoms with Crippen LogP contribution in [0, 0.1) is 5.41 Å². The molecule has 20 heavy (non-hydrogen) atoms. The molecule has 0 saturated carbocycles. The van der Waals surface area contributed by atoms with Gasteiger partial charge in [-0.25, -0.2) is 0 Å². The molecular formula is C16H29N3O. The van der Waals surface area contributed by atoms with Gasteiger partial charge in [0.25, 0.3) is 0 Å². The number of ether oxygens (including phenoxy) is 1. The van der Waals surface area contributed by atoms with Crippen LogP contribution >= 0.6 is 0 Å². The Hall–Kier alpha value is -1.03. The topological polar surface area (TPSA) is 36.9 Å². The van der Waals surface area contributed by atoms with E-state index in [2.05, 4.69) is 37.1 Å². The average molecular weight is 279 g/mol. The molecule has 1 saturated heterocycles. The van der Waals surface area contributed by atoms with E-state index in [4.69, 9.17) is 9.73 Å². The number of aliphatic imine (C=N–C) groups is 1. The molecule has 0 amide bonds. The summed E-state index contributed by atoms with van der Waals surface area (Å²) in [5.74, 6) is 1.09. The van der Waals surface area contributed by atoms with Crippen LogP contribution in [0.3, 0.4) is 0 Å². The first-order chi connectivity index (χ1) is 9.61. The van der Waals surface area contributed by atoms with Crippen molar-refractivity contribution < 1.29 is 4.74 Å². The van der Waals surface area contributed by atoms with Gasteiger partial charge in [0.1, 0.15) is 0 Å². The molecule has 0 atom stereocenters. The van der Waals surface area contributed by atoms with Crippen LogP contribution in [-0.4, -0.2) is 50.3 Å². The van der Waals surface area contributed by atoms with Crippen LogP contribution in [0.15, 0.2) is 16.6 Å². The van der Waals surface area contributed by atoms with E-state index in [1.807, 2.05) is 0 Å². The molecule has 0 spiro atoms. The van der Waals surface area contributed by atoms with E-state index >= 15 is 0 Å². The van der Waals surface area contributed by atoms with Crippen LogP contribution in [0.5, 0.6) is 0 Å². The molecule has 2 heterocycles. The minimum absolute atomic E-state index is 0.416. The first-order valence-corrected chi connectivity index (χ1v) is 7.90. The van der Waals surface area contributed by atoms with Gasteiger partial charge in [-0.15, -0.1) is 0 Å². The van der Waals surface area contributed by atoms with Gasteiger partial charge in [0.05, 0.1) is 13.2 Å². The number of hydrogen-bond acceptors (Lipinski definition) is 2. The Morgan fingerprint density at radius 3 is 2.95 bits per heavy atom. The summed E-state index contributed by atoms with van der Waals surface area (Å²) in [6.07, 6.45) is 5.60. The standard InChI is InChI=1S/C16H29N3O/c1-4-17-15(19-10-8-16(2,3)13-19)18-9-5-14-6-11-20-12-7-14/h6H,4-5,7-13H2,1-3H3,(H,17,18). The van der Waals surface area contributed by atoms with Gasteiger partial charge in [-0.3, -0.25) is 4.99 Å². The number of guanidine groups is 1. The van der Waals surface area contributed by atoms with Crippen molar-refractivity contribution in [1.82, 2.24) is 10.2 Å². The quantitative estimate of drug-likeness (QED) is 0.488. The van der Waals surface area contributed by atoms with Crippen LogP contribution < -0.4 is 5.32 Å². The molecule has 4 heteroatoms. The second kappa shape index (κ2) is 7.11. The fourth-order valence-corrected chi connectivity index (χ4v) is 2.82. The summed E-state index contributed by atoms with van der Waals surface area (Å²) in [6.45, 7) is 12.5. The molecule has 1 fully saturated rings. The van der Waals surface area contributed by atoms with Gasteiger partial charge in [0.2, 0.25) is 0 Å². The molecule has 0 aromatic rings. The Kier molecular flexibility index (Phi) is 5.46. The van der Waals surface area contributed by atoms with Crippen LogP contribution in [0.2, 0.25) is 0 Å². The lowest BCUT2D eigenvalue weighted by molar-refractivity contribution is 0.153. The number of nitrogens with one attached hydrogen (secondary N) is 1.